The third-order valence-electron chi connectivity index (χ3n) is 2.87. The number of oxime groups is 1. The predicted molar refractivity (Wildman–Crippen MR) is 66.1 cm³/mol. The Bertz CT molecular complexity index is 488. The maximum Gasteiger partial charge on any atom is 0.254 e. The molecule has 0 aliphatic carbocycles. The van der Waals surface area contributed by atoms with Crippen molar-refractivity contribution in [2.75, 3.05) is 7.05 Å². The molecular formula is C12H16FN3O2. The summed E-state index contributed by atoms with van der Waals surface area (Å²) in [5.41, 5.74) is 6.36. The van der Waals surface area contributed by atoms with Crippen molar-refractivity contribution in [3.05, 3.63) is 35.1 Å². The number of nitrogens with zero attached hydrogens (tertiary/aromatic N) is 2. The van der Waals surface area contributed by atoms with Gasteiger partial charge in [0.1, 0.15) is 5.82 Å². The summed E-state index contributed by atoms with van der Waals surface area (Å²) in [5.74, 6) is -0.945. The lowest BCUT2D eigenvalue weighted by molar-refractivity contribution is 0.0775. The van der Waals surface area contributed by atoms with Gasteiger partial charge in [-0.3, -0.25) is 4.79 Å². The summed E-state index contributed by atoms with van der Waals surface area (Å²) in [6, 6.07) is 3.42. The SMILES string of the molecule is Cc1ccc(F)cc1C(=O)N(C)C(C)C(N)=NO. The van der Waals surface area contributed by atoms with Crippen LogP contribution in [0, 0.1) is 12.7 Å². The molecule has 0 aliphatic rings. The van der Waals surface area contributed by atoms with E-state index in [9.17, 15) is 9.18 Å². The van der Waals surface area contributed by atoms with Crippen LogP contribution >= 0.6 is 0 Å². The summed E-state index contributed by atoms with van der Waals surface area (Å²) in [7, 11) is 1.51. The molecule has 1 amide bonds. The number of likely N-dealkylation sites (N-methyl/N-ethyl adjacent to an activating group) is 1. The minimum absolute atomic E-state index is 0.0834. The van der Waals surface area contributed by atoms with Crippen molar-refractivity contribution >= 4 is 11.7 Å². The van der Waals surface area contributed by atoms with Crippen LogP contribution in [0.3, 0.4) is 0 Å². The molecule has 1 rings (SSSR count). The Morgan fingerprint density at radius 3 is 2.72 bits per heavy atom. The van der Waals surface area contributed by atoms with Crippen LogP contribution < -0.4 is 5.73 Å². The fraction of sp³-hybridized carbons (Fsp3) is 0.333. The molecule has 0 bridgehead atoms. The Hall–Kier alpha value is -2.11. The fourth-order valence-corrected chi connectivity index (χ4v) is 1.47. The van der Waals surface area contributed by atoms with Crippen LogP contribution in [-0.4, -0.2) is 34.9 Å². The fourth-order valence-electron chi connectivity index (χ4n) is 1.47. The molecule has 1 aromatic carbocycles. The molecule has 98 valence electrons. The second kappa shape index (κ2) is 5.48. The molecule has 1 atom stereocenters. The van der Waals surface area contributed by atoms with Crippen LogP contribution in [0.15, 0.2) is 23.4 Å². The van der Waals surface area contributed by atoms with Crippen LogP contribution in [0.2, 0.25) is 0 Å². The average molecular weight is 253 g/mol. The number of amidine groups is 1. The number of benzene rings is 1. The molecule has 0 heterocycles. The van der Waals surface area contributed by atoms with Gasteiger partial charge in [-0.05, 0) is 31.5 Å². The van der Waals surface area contributed by atoms with Gasteiger partial charge in [0.2, 0.25) is 0 Å². The van der Waals surface area contributed by atoms with E-state index < -0.39 is 11.9 Å². The normalized spacial score (nSPS) is 13.2. The third kappa shape index (κ3) is 2.77. The van der Waals surface area contributed by atoms with Gasteiger partial charge >= 0.3 is 0 Å². The summed E-state index contributed by atoms with van der Waals surface area (Å²) >= 11 is 0. The number of hydrogen-bond donors (Lipinski definition) is 2. The van der Waals surface area contributed by atoms with Gasteiger partial charge in [0.25, 0.3) is 5.91 Å². The maximum absolute atomic E-state index is 13.1. The van der Waals surface area contributed by atoms with Gasteiger partial charge in [0.05, 0.1) is 6.04 Å². The van der Waals surface area contributed by atoms with E-state index in [0.29, 0.717) is 5.56 Å². The molecule has 3 N–H and O–H groups in total. The summed E-state index contributed by atoms with van der Waals surface area (Å²) < 4.78 is 13.1. The summed E-state index contributed by atoms with van der Waals surface area (Å²) in [4.78, 5) is 13.4. The highest BCUT2D eigenvalue weighted by molar-refractivity contribution is 5.98. The third-order valence-corrected chi connectivity index (χ3v) is 2.87. The first kappa shape index (κ1) is 14.0. The predicted octanol–water partition coefficient (Wildman–Crippen LogP) is 1.34. The zero-order valence-electron chi connectivity index (χ0n) is 10.5. The smallest absolute Gasteiger partial charge is 0.254 e. The minimum Gasteiger partial charge on any atom is -0.409 e. The summed E-state index contributed by atoms with van der Waals surface area (Å²) in [6.07, 6.45) is 0. The molecule has 0 radical (unpaired) electrons. The highest BCUT2D eigenvalue weighted by Crippen LogP contribution is 2.13. The van der Waals surface area contributed by atoms with Gasteiger partial charge in [0, 0.05) is 12.6 Å². The van der Waals surface area contributed by atoms with Crippen LogP contribution in [-0.2, 0) is 0 Å². The molecule has 0 aromatic heterocycles. The van der Waals surface area contributed by atoms with E-state index >= 15 is 0 Å². The zero-order chi connectivity index (χ0) is 13.9. The van der Waals surface area contributed by atoms with Gasteiger partial charge in [-0.2, -0.15) is 0 Å². The minimum atomic E-state index is -0.579. The van der Waals surface area contributed by atoms with Gasteiger partial charge in [-0.1, -0.05) is 11.2 Å². The van der Waals surface area contributed by atoms with Crippen LogP contribution in [0.1, 0.15) is 22.8 Å². The Labute approximate surface area is 105 Å². The first-order valence-corrected chi connectivity index (χ1v) is 5.39. The molecule has 1 unspecified atom stereocenters. The molecule has 5 nitrogen and oxygen atoms in total. The Kier molecular flexibility index (Phi) is 4.25. The lowest BCUT2D eigenvalue weighted by Crippen LogP contribution is -2.44. The number of aryl methyl sites for hydroxylation is 1. The van der Waals surface area contributed by atoms with Gasteiger partial charge in [-0.15, -0.1) is 0 Å². The topological polar surface area (TPSA) is 78.9 Å². The van der Waals surface area contributed by atoms with Crippen molar-refractivity contribution in [3.63, 3.8) is 0 Å². The van der Waals surface area contributed by atoms with Crippen LogP contribution in [0.25, 0.3) is 0 Å². The first-order valence-electron chi connectivity index (χ1n) is 5.39. The molecule has 18 heavy (non-hydrogen) atoms. The van der Waals surface area contributed by atoms with Gasteiger partial charge in [0.15, 0.2) is 5.84 Å². The molecule has 0 saturated carbocycles. The highest BCUT2D eigenvalue weighted by Gasteiger charge is 2.22. The van der Waals surface area contributed by atoms with Gasteiger partial charge in [-0.25, -0.2) is 4.39 Å². The molecule has 0 saturated heterocycles. The Balaban J connectivity index is 3.03. The number of rotatable bonds is 3. The van der Waals surface area contributed by atoms with Crippen molar-refractivity contribution in [2.45, 2.75) is 19.9 Å². The van der Waals surface area contributed by atoms with E-state index in [4.69, 9.17) is 10.9 Å². The quantitative estimate of drug-likeness (QED) is 0.369. The van der Waals surface area contributed by atoms with E-state index in [2.05, 4.69) is 5.16 Å². The van der Waals surface area contributed by atoms with Crippen molar-refractivity contribution in [2.24, 2.45) is 10.9 Å². The second-order valence-electron chi connectivity index (χ2n) is 4.08. The largest absolute Gasteiger partial charge is 0.409 e. The molecule has 0 spiro atoms. The lowest BCUT2D eigenvalue weighted by atomic mass is 10.1. The monoisotopic (exact) mass is 253 g/mol. The molecule has 6 heteroatoms. The molecule has 0 aliphatic heterocycles. The summed E-state index contributed by atoms with van der Waals surface area (Å²) in [5, 5.41) is 11.4. The number of nitrogens with two attached hydrogens (primary N) is 1. The first-order chi connectivity index (χ1) is 8.38. The zero-order valence-corrected chi connectivity index (χ0v) is 10.5. The number of amides is 1. The molecule has 1 aromatic rings. The van der Waals surface area contributed by atoms with Crippen molar-refractivity contribution in [1.82, 2.24) is 4.90 Å². The number of halogens is 1. The standard InChI is InChI=1S/C12H16FN3O2/c1-7-4-5-9(13)6-10(7)12(17)16(3)8(2)11(14)15-18/h4-6,8,18H,1-3H3,(H2,14,15). The van der Waals surface area contributed by atoms with Crippen LogP contribution in [0.5, 0.6) is 0 Å². The Morgan fingerprint density at radius 2 is 2.17 bits per heavy atom. The van der Waals surface area contributed by atoms with Crippen molar-refractivity contribution < 1.29 is 14.4 Å². The lowest BCUT2D eigenvalue weighted by Gasteiger charge is -2.24. The van der Waals surface area contributed by atoms with E-state index in [-0.39, 0.29) is 17.3 Å². The number of carbonyl (C=O) groups excluding carboxylic acids is 1. The number of carbonyl (C=O) groups is 1. The number of hydrogen-bond acceptors (Lipinski definition) is 3. The second-order valence-corrected chi connectivity index (χ2v) is 4.08. The van der Waals surface area contributed by atoms with E-state index in [1.807, 2.05) is 0 Å². The van der Waals surface area contributed by atoms with E-state index in [0.717, 1.165) is 0 Å². The molecular weight excluding hydrogens is 237 g/mol. The molecule has 0 fully saturated rings. The van der Waals surface area contributed by atoms with Crippen molar-refractivity contribution in [3.8, 4) is 0 Å². The van der Waals surface area contributed by atoms with Crippen molar-refractivity contribution in [1.29, 1.82) is 0 Å². The van der Waals surface area contributed by atoms with Gasteiger partial charge < -0.3 is 15.8 Å². The van der Waals surface area contributed by atoms with Crippen LogP contribution in [0.4, 0.5) is 4.39 Å². The highest BCUT2D eigenvalue weighted by atomic mass is 19.1. The Morgan fingerprint density at radius 1 is 1.56 bits per heavy atom. The average Bonchev–Trinajstić information content (AvgIpc) is 2.38. The maximum atomic E-state index is 13.1. The van der Waals surface area contributed by atoms with E-state index in [1.165, 1.54) is 30.1 Å². The summed E-state index contributed by atoms with van der Waals surface area (Å²) in [6.45, 7) is 3.33. The van der Waals surface area contributed by atoms with E-state index in [1.54, 1.807) is 13.8 Å².